The molecule has 0 aromatic heterocycles. The largest absolute Gasteiger partial charge is 0.372 e. The lowest BCUT2D eigenvalue weighted by Gasteiger charge is -2.28. The summed E-state index contributed by atoms with van der Waals surface area (Å²) < 4.78 is 0. The molecule has 0 atom stereocenters. The van der Waals surface area contributed by atoms with Crippen LogP contribution in [-0.4, -0.2) is 19.4 Å². The van der Waals surface area contributed by atoms with E-state index in [0.717, 1.165) is 36.4 Å². The first kappa shape index (κ1) is 19.6. The van der Waals surface area contributed by atoms with Crippen LogP contribution in [0.2, 0.25) is 0 Å². The van der Waals surface area contributed by atoms with E-state index in [0.29, 0.717) is 11.3 Å². The summed E-state index contributed by atoms with van der Waals surface area (Å²) in [6.45, 7) is 2.27. The van der Waals surface area contributed by atoms with Gasteiger partial charge < -0.3 is 4.90 Å². The van der Waals surface area contributed by atoms with Crippen LogP contribution in [0.1, 0.15) is 29.6 Å². The van der Waals surface area contributed by atoms with Crippen molar-refractivity contribution in [1.82, 2.24) is 0 Å². The van der Waals surface area contributed by atoms with Crippen molar-refractivity contribution in [2.75, 3.05) is 18.0 Å². The number of azo groups is 2. The van der Waals surface area contributed by atoms with Gasteiger partial charge >= 0.3 is 0 Å². The summed E-state index contributed by atoms with van der Waals surface area (Å²) in [6, 6.07) is 22.6. The molecule has 150 valence electrons. The minimum absolute atomic E-state index is 0.616. The van der Waals surface area contributed by atoms with Crippen LogP contribution in [-0.2, 0) is 0 Å². The normalized spacial score (nSPS) is 14.5. The highest BCUT2D eigenvalue weighted by Crippen LogP contribution is 2.26. The molecule has 3 aromatic carbocycles. The highest BCUT2D eigenvalue weighted by atomic mass is 16.1. The van der Waals surface area contributed by atoms with Gasteiger partial charge in [-0.25, -0.2) is 0 Å². The summed E-state index contributed by atoms with van der Waals surface area (Å²) in [7, 11) is 0. The molecule has 0 radical (unpaired) electrons. The second-order valence-corrected chi connectivity index (χ2v) is 7.19. The number of carbonyl (C=O) groups excluding carboxylic acids is 1. The summed E-state index contributed by atoms with van der Waals surface area (Å²) in [6.07, 6.45) is 4.67. The standard InChI is InChI=1S/C24H23N5O/c30-18-19-4-6-20(7-5-19)25-26-21-8-10-22(11-9-21)27-28-23-12-14-24(15-13-23)29-16-2-1-3-17-29/h4-15,18H,1-3,16-17H2. The Morgan fingerprint density at radius 1 is 0.567 bits per heavy atom. The SMILES string of the molecule is O=Cc1ccc(N=Nc2ccc(N=Nc3ccc(N4CCCCC4)cc3)cc2)cc1. The van der Waals surface area contributed by atoms with Gasteiger partial charge in [0.25, 0.3) is 0 Å². The number of hydrogen-bond donors (Lipinski definition) is 0. The molecule has 1 fully saturated rings. The van der Waals surface area contributed by atoms with Crippen LogP contribution < -0.4 is 4.90 Å². The number of carbonyl (C=O) groups is 1. The maximum atomic E-state index is 10.7. The molecule has 0 spiro atoms. The number of nitrogens with zero attached hydrogens (tertiary/aromatic N) is 5. The van der Waals surface area contributed by atoms with E-state index >= 15 is 0 Å². The fraction of sp³-hybridized carbons (Fsp3) is 0.208. The topological polar surface area (TPSA) is 69.7 Å². The molecule has 30 heavy (non-hydrogen) atoms. The van der Waals surface area contributed by atoms with E-state index in [9.17, 15) is 4.79 Å². The van der Waals surface area contributed by atoms with Crippen molar-refractivity contribution in [1.29, 1.82) is 0 Å². The second-order valence-electron chi connectivity index (χ2n) is 7.19. The molecule has 1 aliphatic heterocycles. The Kier molecular flexibility index (Phi) is 6.35. The predicted octanol–water partition coefficient (Wildman–Crippen LogP) is 7.32. The molecule has 6 heteroatoms. The third kappa shape index (κ3) is 5.23. The molecule has 1 aliphatic rings. The van der Waals surface area contributed by atoms with Gasteiger partial charge in [0.05, 0.1) is 22.7 Å². The van der Waals surface area contributed by atoms with E-state index in [4.69, 9.17) is 0 Å². The zero-order chi connectivity index (χ0) is 20.6. The maximum absolute atomic E-state index is 10.7. The average molecular weight is 397 g/mol. The summed E-state index contributed by atoms with van der Waals surface area (Å²) in [5.41, 5.74) is 4.87. The van der Waals surface area contributed by atoms with Crippen LogP contribution >= 0.6 is 0 Å². The number of rotatable bonds is 6. The number of aldehydes is 1. The third-order valence-electron chi connectivity index (χ3n) is 5.01. The van der Waals surface area contributed by atoms with Crippen LogP contribution in [0.3, 0.4) is 0 Å². The maximum Gasteiger partial charge on any atom is 0.150 e. The Labute approximate surface area is 176 Å². The molecular formula is C24H23N5O. The van der Waals surface area contributed by atoms with Crippen molar-refractivity contribution in [2.45, 2.75) is 19.3 Å². The fourth-order valence-electron chi connectivity index (χ4n) is 3.32. The Balaban J connectivity index is 1.36. The van der Waals surface area contributed by atoms with Crippen LogP contribution in [0.15, 0.2) is 93.3 Å². The van der Waals surface area contributed by atoms with Crippen LogP contribution in [0.5, 0.6) is 0 Å². The molecule has 3 aromatic rings. The fourth-order valence-corrected chi connectivity index (χ4v) is 3.32. The van der Waals surface area contributed by atoms with E-state index in [-0.39, 0.29) is 0 Å². The van der Waals surface area contributed by atoms with Crippen molar-refractivity contribution in [3.63, 3.8) is 0 Å². The average Bonchev–Trinajstić information content (AvgIpc) is 2.83. The summed E-state index contributed by atoms with van der Waals surface area (Å²) >= 11 is 0. The molecule has 0 aliphatic carbocycles. The van der Waals surface area contributed by atoms with Crippen LogP contribution in [0, 0.1) is 0 Å². The van der Waals surface area contributed by atoms with Gasteiger partial charge in [-0.15, -0.1) is 0 Å². The summed E-state index contributed by atoms with van der Waals surface area (Å²) in [4.78, 5) is 13.1. The van der Waals surface area contributed by atoms with Gasteiger partial charge in [-0.05, 0) is 92.1 Å². The van der Waals surface area contributed by atoms with E-state index in [1.807, 2.05) is 36.4 Å². The van der Waals surface area contributed by atoms with Crippen LogP contribution in [0.4, 0.5) is 28.4 Å². The van der Waals surface area contributed by atoms with E-state index in [1.165, 1.54) is 24.9 Å². The molecule has 1 saturated heterocycles. The smallest absolute Gasteiger partial charge is 0.150 e. The molecular weight excluding hydrogens is 374 g/mol. The minimum atomic E-state index is 0.616. The van der Waals surface area contributed by atoms with Crippen molar-refractivity contribution < 1.29 is 4.79 Å². The first-order valence-corrected chi connectivity index (χ1v) is 10.1. The molecule has 4 rings (SSSR count). The van der Waals surface area contributed by atoms with Crippen molar-refractivity contribution in [3.05, 3.63) is 78.4 Å². The lowest BCUT2D eigenvalue weighted by molar-refractivity contribution is 0.112. The van der Waals surface area contributed by atoms with E-state index in [2.05, 4.69) is 37.5 Å². The number of anilines is 1. The van der Waals surface area contributed by atoms with Crippen LogP contribution in [0.25, 0.3) is 0 Å². The Morgan fingerprint density at radius 3 is 1.40 bits per heavy atom. The van der Waals surface area contributed by atoms with Gasteiger partial charge in [0, 0.05) is 24.3 Å². The van der Waals surface area contributed by atoms with Crippen molar-refractivity contribution in [2.24, 2.45) is 20.5 Å². The van der Waals surface area contributed by atoms with Crippen molar-refractivity contribution in [3.8, 4) is 0 Å². The highest BCUT2D eigenvalue weighted by Gasteiger charge is 2.10. The Hall–Kier alpha value is -3.67. The zero-order valence-electron chi connectivity index (χ0n) is 16.7. The van der Waals surface area contributed by atoms with Gasteiger partial charge in [0.2, 0.25) is 0 Å². The quantitative estimate of drug-likeness (QED) is 0.323. The van der Waals surface area contributed by atoms with Gasteiger partial charge in [-0.1, -0.05) is 0 Å². The molecule has 0 amide bonds. The molecule has 1 heterocycles. The molecule has 0 saturated carbocycles. The molecule has 0 N–H and O–H groups in total. The van der Waals surface area contributed by atoms with Gasteiger partial charge in [-0.2, -0.15) is 20.5 Å². The van der Waals surface area contributed by atoms with Gasteiger partial charge in [0.15, 0.2) is 0 Å². The summed E-state index contributed by atoms with van der Waals surface area (Å²) in [5.74, 6) is 0. The van der Waals surface area contributed by atoms with Crippen molar-refractivity contribution >= 4 is 34.7 Å². The first-order chi connectivity index (χ1) is 14.8. The highest BCUT2D eigenvalue weighted by molar-refractivity contribution is 5.75. The molecule has 6 nitrogen and oxygen atoms in total. The lowest BCUT2D eigenvalue weighted by Crippen LogP contribution is -2.29. The van der Waals surface area contributed by atoms with Gasteiger partial charge in [-0.3, -0.25) is 4.79 Å². The predicted molar refractivity (Wildman–Crippen MR) is 119 cm³/mol. The minimum Gasteiger partial charge on any atom is -0.372 e. The molecule has 0 unspecified atom stereocenters. The number of piperidine rings is 1. The first-order valence-electron chi connectivity index (χ1n) is 10.1. The van der Waals surface area contributed by atoms with Gasteiger partial charge in [0.1, 0.15) is 6.29 Å². The molecule has 0 bridgehead atoms. The zero-order valence-corrected chi connectivity index (χ0v) is 16.7. The monoisotopic (exact) mass is 397 g/mol. The Morgan fingerprint density at radius 2 is 0.967 bits per heavy atom. The number of hydrogen-bond acceptors (Lipinski definition) is 6. The number of benzene rings is 3. The van der Waals surface area contributed by atoms with E-state index < -0.39 is 0 Å². The van der Waals surface area contributed by atoms with E-state index in [1.54, 1.807) is 24.3 Å². The lowest BCUT2D eigenvalue weighted by atomic mass is 10.1. The Bertz CT molecular complexity index is 1020. The second kappa shape index (κ2) is 9.69. The third-order valence-corrected chi connectivity index (χ3v) is 5.01. The summed E-state index contributed by atoms with van der Waals surface area (Å²) in [5, 5.41) is 17.0.